The number of rotatable bonds is 7. The van der Waals surface area contributed by atoms with Gasteiger partial charge in [0, 0.05) is 40.7 Å². The molecule has 0 spiro atoms. The quantitative estimate of drug-likeness (QED) is 0.351. The maximum Gasteiger partial charge on any atom is 0.326 e. The second-order valence-electron chi connectivity index (χ2n) is 13.7. The smallest absolute Gasteiger partial charge is 0.326 e. The van der Waals surface area contributed by atoms with Crippen molar-refractivity contribution in [1.82, 2.24) is 19.8 Å². The average Bonchev–Trinajstić information content (AvgIpc) is 3.28. The van der Waals surface area contributed by atoms with Crippen molar-refractivity contribution in [3.8, 4) is 5.88 Å². The number of halogens is 2. The van der Waals surface area contributed by atoms with Crippen molar-refractivity contribution >= 4 is 35.1 Å². The van der Waals surface area contributed by atoms with Crippen molar-refractivity contribution < 1.29 is 19.7 Å². The highest BCUT2D eigenvalue weighted by Crippen LogP contribution is 2.54. The van der Waals surface area contributed by atoms with Gasteiger partial charge in [0.05, 0.1) is 36.0 Å². The topological polar surface area (TPSA) is 111 Å². The van der Waals surface area contributed by atoms with Gasteiger partial charge in [0.15, 0.2) is 0 Å². The Morgan fingerprint density at radius 1 is 1.15 bits per heavy atom. The van der Waals surface area contributed by atoms with Crippen LogP contribution < -0.4 is 4.74 Å². The van der Waals surface area contributed by atoms with E-state index in [2.05, 4.69) is 19.9 Å². The van der Waals surface area contributed by atoms with Crippen molar-refractivity contribution in [3.63, 3.8) is 0 Å². The highest BCUT2D eigenvalue weighted by atomic mass is 35.5. The molecular formula is C35H45Cl2N5O4. The molecule has 46 heavy (non-hydrogen) atoms. The summed E-state index contributed by atoms with van der Waals surface area (Å²) in [4.78, 5) is 33.7. The Labute approximate surface area is 282 Å². The van der Waals surface area contributed by atoms with Crippen molar-refractivity contribution in [1.29, 1.82) is 0 Å². The summed E-state index contributed by atoms with van der Waals surface area (Å²) < 4.78 is 6.14. The van der Waals surface area contributed by atoms with Crippen LogP contribution in [0.25, 0.3) is 0 Å². The van der Waals surface area contributed by atoms with Gasteiger partial charge in [0.25, 0.3) is 0 Å². The van der Waals surface area contributed by atoms with Crippen LogP contribution in [0, 0.1) is 11.8 Å². The molecule has 1 aromatic carbocycles. The number of aliphatic hydroxyl groups excluding tert-OH is 2. The Morgan fingerprint density at radius 3 is 2.39 bits per heavy atom. The number of aliphatic imine (C=N–C) groups is 1. The molecule has 248 valence electrons. The number of urea groups is 1. The Bertz CT molecular complexity index is 1530. The van der Waals surface area contributed by atoms with Crippen LogP contribution in [0.4, 0.5) is 4.79 Å². The number of carbonyl (C=O) groups excluding carboxylic acids is 1. The van der Waals surface area contributed by atoms with E-state index in [0.29, 0.717) is 72.1 Å². The third-order valence-corrected chi connectivity index (χ3v) is 10.4. The molecule has 1 fully saturated rings. The van der Waals surface area contributed by atoms with Crippen LogP contribution in [-0.2, 0) is 11.0 Å². The molecule has 0 radical (unpaired) electrons. The van der Waals surface area contributed by atoms with Crippen LogP contribution in [0.1, 0.15) is 77.8 Å². The maximum atomic E-state index is 15.0. The van der Waals surface area contributed by atoms with Crippen molar-refractivity contribution in [2.75, 3.05) is 26.3 Å². The lowest BCUT2D eigenvalue weighted by Crippen LogP contribution is -2.61. The number of benzene rings is 1. The SMILES string of the molecule is CCOc1nc(C(C)(C)C)ncc1C1=N[C@@](C)(C2C=CC(Cl)=CC2)[C@@](C)(c2ccc(Cl)cc2)N1C(=O)N1CCC(C(O)CO)CC1. The summed E-state index contributed by atoms with van der Waals surface area (Å²) in [6.07, 6.45) is 8.66. The van der Waals surface area contributed by atoms with Crippen LogP contribution >= 0.6 is 23.2 Å². The first-order valence-electron chi connectivity index (χ1n) is 16.0. The van der Waals surface area contributed by atoms with Gasteiger partial charge in [-0.05, 0) is 69.7 Å². The monoisotopic (exact) mass is 669 g/mol. The van der Waals surface area contributed by atoms with Crippen molar-refractivity contribution in [2.24, 2.45) is 16.8 Å². The largest absolute Gasteiger partial charge is 0.477 e. The number of hydrogen-bond acceptors (Lipinski definition) is 7. The van der Waals surface area contributed by atoms with E-state index in [9.17, 15) is 10.2 Å². The number of amidine groups is 1. The van der Waals surface area contributed by atoms with Gasteiger partial charge >= 0.3 is 6.03 Å². The van der Waals surface area contributed by atoms with E-state index >= 15 is 4.79 Å². The van der Waals surface area contributed by atoms with E-state index in [0.717, 1.165) is 5.56 Å². The predicted octanol–water partition coefficient (Wildman–Crippen LogP) is 6.45. The summed E-state index contributed by atoms with van der Waals surface area (Å²) in [7, 11) is 0. The van der Waals surface area contributed by atoms with Gasteiger partial charge in [-0.3, -0.25) is 9.89 Å². The molecule has 1 aromatic heterocycles. The highest BCUT2D eigenvalue weighted by Gasteiger charge is 2.62. The van der Waals surface area contributed by atoms with E-state index < -0.39 is 17.2 Å². The number of nitrogens with zero attached hydrogens (tertiary/aromatic N) is 5. The zero-order valence-electron chi connectivity index (χ0n) is 27.5. The standard InChI is InChI=1S/C35H45Cl2N5O4/c1-7-46-30-27(20-38-31(39-30)33(2,3)4)29-40-34(5,23-8-12-25(36)13-9-23)35(6,24-10-14-26(37)15-11-24)42(29)32(45)41-18-16-22(17-19-41)28(44)21-43/h8,10-15,20,22-23,28,43-44H,7,9,16-19,21H2,1-6H3/t23?,28?,34-,35+/m0/s1. The van der Waals surface area contributed by atoms with Gasteiger partial charge < -0.3 is 19.8 Å². The first kappa shape index (κ1) is 34.4. The minimum atomic E-state index is -0.996. The van der Waals surface area contributed by atoms with Gasteiger partial charge in [-0.25, -0.2) is 9.78 Å². The number of aliphatic hydroxyl groups is 2. The fraction of sp³-hybridized carbons (Fsp3) is 0.543. The van der Waals surface area contributed by atoms with Gasteiger partial charge in [-0.1, -0.05) is 68.3 Å². The summed E-state index contributed by atoms with van der Waals surface area (Å²) in [5.41, 5.74) is -0.785. The molecule has 2 unspecified atom stereocenters. The Hall–Kier alpha value is -2.98. The fourth-order valence-electron chi connectivity index (χ4n) is 6.82. The van der Waals surface area contributed by atoms with E-state index in [1.807, 2.05) is 69.0 Å². The lowest BCUT2D eigenvalue weighted by molar-refractivity contribution is 0.0186. The first-order chi connectivity index (χ1) is 21.7. The maximum absolute atomic E-state index is 15.0. The van der Waals surface area contributed by atoms with E-state index in [-0.39, 0.29) is 29.9 Å². The van der Waals surface area contributed by atoms with E-state index in [1.54, 1.807) is 11.1 Å². The van der Waals surface area contributed by atoms with Crippen LogP contribution in [0.5, 0.6) is 5.88 Å². The lowest BCUT2D eigenvalue weighted by Gasteiger charge is -2.49. The summed E-state index contributed by atoms with van der Waals surface area (Å²) >= 11 is 12.8. The molecule has 5 rings (SSSR count). The third-order valence-electron chi connectivity index (χ3n) is 9.84. The lowest BCUT2D eigenvalue weighted by atomic mass is 9.66. The van der Waals surface area contributed by atoms with Gasteiger partial charge in [0.1, 0.15) is 11.7 Å². The molecule has 11 heteroatoms. The molecule has 0 bridgehead atoms. The summed E-state index contributed by atoms with van der Waals surface area (Å²) in [6.45, 7) is 13.1. The number of aromatic nitrogens is 2. The van der Waals surface area contributed by atoms with Crippen LogP contribution in [0.15, 0.2) is 58.7 Å². The van der Waals surface area contributed by atoms with E-state index in [1.165, 1.54) is 0 Å². The molecule has 2 aliphatic heterocycles. The second kappa shape index (κ2) is 13.3. The molecule has 2 amide bonds. The minimum Gasteiger partial charge on any atom is -0.477 e. The molecule has 1 saturated heterocycles. The third kappa shape index (κ3) is 6.19. The van der Waals surface area contributed by atoms with Crippen LogP contribution in [-0.4, -0.2) is 79.8 Å². The Balaban J connectivity index is 1.71. The highest BCUT2D eigenvalue weighted by molar-refractivity contribution is 6.31. The number of amides is 2. The van der Waals surface area contributed by atoms with Gasteiger partial charge in [0.2, 0.25) is 5.88 Å². The summed E-state index contributed by atoms with van der Waals surface area (Å²) in [5, 5.41) is 21.1. The summed E-state index contributed by atoms with van der Waals surface area (Å²) in [6, 6.07) is 7.38. The first-order valence-corrected chi connectivity index (χ1v) is 16.8. The molecule has 3 aliphatic rings. The number of ether oxygens (including phenoxy) is 1. The molecule has 1 aliphatic carbocycles. The molecule has 4 atom stereocenters. The summed E-state index contributed by atoms with van der Waals surface area (Å²) in [5.74, 6) is 1.23. The number of hydrogen-bond donors (Lipinski definition) is 2. The van der Waals surface area contributed by atoms with Crippen molar-refractivity contribution in [2.45, 2.75) is 83.4 Å². The van der Waals surface area contributed by atoms with Crippen molar-refractivity contribution in [3.05, 3.63) is 75.7 Å². The predicted molar refractivity (Wildman–Crippen MR) is 181 cm³/mol. The van der Waals surface area contributed by atoms with Gasteiger partial charge in [-0.15, -0.1) is 0 Å². The molecule has 0 saturated carbocycles. The zero-order valence-corrected chi connectivity index (χ0v) is 29.0. The fourth-order valence-corrected chi connectivity index (χ4v) is 7.11. The second-order valence-corrected chi connectivity index (χ2v) is 14.6. The minimum absolute atomic E-state index is 0.0829. The molecule has 2 aromatic rings. The number of carbonyl (C=O) groups is 1. The normalized spacial score (nSPS) is 26.2. The van der Waals surface area contributed by atoms with Crippen LogP contribution in [0.3, 0.4) is 0 Å². The Morgan fingerprint density at radius 2 is 1.83 bits per heavy atom. The van der Waals surface area contributed by atoms with E-state index in [4.69, 9.17) is 42.9 Å². The number of piperidine rings is 1. The number of likely N-dealkylation sites (tertiary alicyclic amines) is 1. The molecular weight excluding hydrogens is 625 g/mol. The van der Waals surface area contributed by atoms with Crippen LogP contribution in [0.2, 0.25) is 5.02 Å². The average molecular weight is 671 g/mol. The molecule has 2 N–H and O–H groups in total. The Kier molecular flexibility index (Phi) is 9.90. The van der Waals surface area contributed by atoms with Gasteiger partial charge in [-0.2, -0.15) is 4.98 Å². The molecule has 3 heterocycles. The zero-order chi connectivity index (χ0) is 33.4. The molecule has 9 nitrogen and oxygen atoms in total. The number of allylic oxidation sites excluding steroid dienone is 3.